The Kier molecular flexibility index (Phi) is 4.93. The Hall–Kier alpha value is -2.50. The van der Waals surface area contributed by atoms with Crippen molar-refractivity contribution in [1.29, 1.82) is 0 Å². The van der Waals surface area contributed by atoms with Gasteiger partial charge in [-0.05, 0) is 11.6 Å². The van der Waals surface area contributed by atoms with Crippen molar-refractivity contribution in [3.05, 3.63) is 35.9 Å². The first-order chi connectivity index (χ1) is 8.95. The molecule has 0 aliphatic carbocycles. The molecule has 0 atom stereocenters. The van der Waals surface area contributed by atoms with E-state index in [0.29, 0.717) is 0 Å². The quantitative estimate of drug-likeness (QED) is 0.603. The lowest BCUT2D eigenvalue weighted by Crippen LogP contribution is -2.27. The Balaban J connectivity index is 3.18. The molecule has 1 aromatic rings. The van der Waals surface area contributed by atoms with Crippen LogP contribution >= 0.6 is 0 Å². The summed E-state index contributed by atoms with van der Waals surface area (Å²) in [5.74, 6) is -3.17. The number of hydrogen-bond donors (Lipinski definition) is 1. The number of hydrogen-bond acceptors (Lipinski definition) is 6. The van der Waals surface area contributed by atoms with E-state index in [9.17, 15) is 24.9 Å². The average molecular weight is 264 g/mol. The van der Waals surface area contributed by atoms with Gasteiger partial charge in [0.1, 0.15) is 6.61 Å². The summed E-state index contributed by atoms with van der Waals surface area (Å²) in [6, 6.07) is 2.72. The summed E-state index contributed by atoms with van der Waals surface area (Å²) in [6.07, 6.45) is 0.338. The molecule has 0 aliphatic heterocycles. The van der Waals surface area contributed by atoms with Gasteiger partial charge < -0.3 is 29.6 Å². The summed E-state index contributed by atoms with van der Waals surface area (Å²) in [5, 5.41) is 31.1. The lowest BCUT2D eigenvalue weighted by Gasteiger charge is -2.16. The molecule has 0 heterocycles. The number of carbonyl (C=O) groups is 2. The van der Waals surface area contributed by atoms with Gasteiger partial charge >= 0.3 is 0 Å². The fourth-order valence-electron chi connectivity index (χ4n) is 1.58. The minimum atomic E-state index is -1.43. The summed E-state index contributed by atoms with van der Waals surface area (Å²) in [7, 11) is 0. The number of aliphatic carboxylic acids is 2. The van der Waals surface area contributed by atoms with Crippen molar-refractivity contribution >= 4 is 11.9 Å². The Morgan fingerprint density at radius 1 is 1.26 bits per heavy atom. The van der Waals surface area contributed by atoms with E-state index in [4.69, 9.17) is 4.74 Å². The fourth-order valence-corrected chi connectivity index (χ4v) is 1.58. The van der Waals surface area contributed by atoms with Crippen LogP contribution < -0.4 is 14.9 Å². The van der Waals surface area contributed by atoms with Crippen LogP contribution in [0.1, 0.15) is 11.1 Å². The van der Waals surface area contributed by atoms with Crippen LogP contribution in [0.3, 0.4) is 0 Å². The molecule has 0 saturated heterocycles. The van der Waals surface area contributed by atoms with Crippen molar-refractivity contribution in [1.82, 2.24) is 0 Å². The molecule has 6 heteroatoms. The standard InChI is InChI=1S/C13H14O6/c1-2-5-19-10-4-3-8(6-11(14)15)9(13(10)18)7-12(16)17/h2-4,18H,1,5-7H2,(H,14,15)(H,16,17)/p-2. The number of rotatable bonds is 7. The van der Waals surface area contributed by atoms with Gasteiger partial charge in [0.15, 0.2) is 11.5 Å². The molecule has 19 heavy (non-hydrogen) atoms. The first-order valence-electron chi connectivity index (χ1n) is 5.42. The van der Waals surface area contributed by atoms with Crippen molar-refractivity contribution in [2.45, 2.75) is 12.8 Å². The lowest BCUT2D eigenvalue weighted by atomic mass is 10.00. The van der Waals surface area contributed by atoms with Gasteiger partial charge in [-0.25, -0.2) is 0 Å². The van der Waals surface area contributed by atoms with Crippen LogP contribution in [-0.2, 0) is 22.4 Å². The van der Waals surface area contributed by atoms with Gasteiger partial charge in [0.25, 0.3) is 0 Å². The van der Waals surface area contributed by atoms with Crippen LogP contribution in [-0.4, -0.2) is 23.7 Å². The second-order valence-electron chi connectivity index (χ2n) is 3.75. The van der Waals surface area contributed by atoms with Crippen molar-refractivity contribution in [3.63, 3.8) is 0 Å². The number of phenols is 1. The monoisotopic (exact) mass is 264 g/mol. The molecule has 1 aromatic carbocycles. The van der Waals surface area contributed by atoms with E-state index >= 15 is 0 Å². The average Bonchev–Trinajstić information content (AvgIpc) is 2.32. The molecule has 0 aliphatic rings. The van der Waals surface area contributed by atoms with E-state index in [1.165, 1.54) is 18.2 Å². The van der Waals surface area contributed by atoms with E-state index in [0.717, 1.165) is 0 Å². The highest BCUT2D eigenvalue weighted by Crippen LogP contribution is 2.33. The molecular formula is C13H12O6-2. The maximum atomic E-state index is 10.6. The third kappa shape index (κ3) is 4.02. The van der Waals surface area contributed by atoms with Crippen LogP contribution in [0.25, 0.3) is 0 Å². The van der Waals surface area contributed by atoms with Crippen molar-refractivity contribution < 1.29 is 29.6 Å². The van der Waals surface area contributed by atoms with Gasteiger partial charge in [-0.15, -0.1) is 0 Å². The summed E-state index contributed by atoms with van der Waals surface area (Å²) in [6.45, 7) is 3.56. The summed E-state index contributed by atoms with van der Waals surface area (Å²) < 4.78 is 5.12. The Bertz CT molecular complexity index is 506. The molecule has 0 radical (unpaired) electrons. The molecule has 0 saturated carbocycles. The summed E-state index contributed by atoms with van der Waals surface area (Å²) in [4.78, 5) is 21.2. The van der Waals surface area contributed by atoms with Crippen molar-refractivity contribution in [2.24, 2.45) is 0 Å². The number of carboxylic acid groups (broad SMARTS) is 2. The largest absolute Gasteiger partial charge is 0.550 e. The molecule has 0 spiro atoms. The molecule has 0 amide bonds. The minimum absolute atomic E-state index is 0.0502. The van der Waals surface area contributed by atoms with Gasteiger partial charge in [-0.1, -0.05) is 18.7 Å². The highest BCUT2D eigenvalue weighted by Gasteiger charge is 2.14. The second kappa shape index (κ2) is 6.44. The fraction of sp³-hybridized carbons (Fsp3) is 0.231. The Morgan fingerprint density at radius 2 is 1.89 bits per heavy atom. The van der Waals surface area contributed by atoms with E-state index in [2.05, 4.69) is 6.58 Å². The zero-order chi connectivity index (χ0) is 14.4. The first kappa shape index (κ1) is 14.6. The van der Waals surface area contributed by atoms with E-state index in [1.54, 1.807) is 0 Å². The third-order valence-electron chi connectivity index (χ3n) is 2.36. The van der Waals surface area contributed by atoms with Gasteiger partial charge in [0, 0.05) is 30.3 Å². The van der Waals surface area contributed by atoms with Crippen LogP contribution in [0.5, 0.6) is 11.5 Å². The highest BCUT2D eigenvalue weighted by atomic mass is 16.5. The van der Waals surface area contributed by atoms with Crippen molar-refractivity contribution in [3.8, 4) is 11.5 Å². The topological polar surface area (TPSA) is 110 Å². The SMILES string of the molecule is C=CCOc1ccc(CC(=O)[O-])c(CC(=O)[O-])c1O. The van der Waals surface area contributed by atoms with Crippen molar-refractivity contribution in [2.75, 3.05) is 6.61 Å². The molecule has 1 rings (SSSR count). The van der Waals surface area contributed by atoms with E-state index in [1.807, 2.05) is 0 Å². The van der Waals surface area contributed by atoms with Crippen LogP contribution in [0, 0.1) is 0 Å². The zero-order valence-corrected chi connectivity index (χ0v) is 10.0. The van der Waals surface area contributed by atoms with Gasteiger partial charge in [-0.2, -0.15) is 0 Å². The molecule has 6 nitrogen and oxygen atoms in total. The maximum Gasteiger partial charge on any atom is 0.161 e. The lowest BCUT2D eigenvalue weighted by molar-refractivity contribution is -0.306. The van der Waals surface area contributed by atoms with Crippen LogP contribution in [0.15, 0.2) is 24.8 Å². The van der Waals surface area contributed by atoms with Crippen LogP contribution in [0.4, 0.5) is 0 Å². The number of benzene rings is 1. The normalized spacial score (nSPS) is 9.89. The molecule has 0 aromatic heterocycles. The zero-order valence-electron chi connectivity index (χ0n) is 10.0. The van der Waals surface area contributed by atoms with E-state index in [-0.39, 0.29) is 23.5 Å². The summed E-state index contributed by atoms with van der Waals surface area (Å²) >= 11 is 0. The minimum Gasteiger partial charge on any atom is -0.550 e. The molecule has 0 bridgehead atoms. The molecule has 1 N–H and O–H groups in total. The molecule has 102 valence electrons. The number of carbonyl (C=O) groups excluding carboxylic acids is 2. The van der Waals surface area contributed by atoms with Crippen LogP contribution in [0.2, 0.25) is 0 Å². The molecular weight excluding hydrogens is 252 g/mol. The predicted octanol–water partition coefficient (Wildman–Crippen LogP) is -1.46. The predicted molar refractivity (Wildman–Crippen MR) is 61.2 cm³/mol. The Labute approximate surface area is 109 Å². The third-order valence-corrected chi connectivity index (χ3v) is 2.36. The van der Waals surface area contributed by atoms with E-state index < -0.39 is 30.5 Å². The van der Waals surface area contributed by atoms with Gasteiger partial charge in [0.2, 0.25) is 0 Å². The molecule has 0 unspecified atom stereocenters. The van der Waals surface area contributed by atoms with Gasteiger partial charge in [0.05, 0.1) is 0 Å². The number of aromatic hydroxyl groups is 1. The second-order valence-corrected chi connectivity index (χ2v) is 3.75. The number of carboxylic acids is 2. The summed E-state index contributed by atoms with van der Waals surface area (Å²) in [5.41, 5.74) is 0.0958. The number of phenolic OH excluding ortho intramolecular Hbond substituents is 1. The Morgan fingerprint density at radius 3 is 2.42 bits per heavy atom. The molecule has 0 fully saturated rings. The van der Waals surface area contributed by atoms with Gasteiger partial charge in [-0.3, -0.25) is 0 Å². The highest BCUT2D eigenvalue weighted by molar-refractivity contribution is 5.74. The number of ether oxygens (including phenoxy) is 1. The maximum absolute atomic E-state index is 10.6. The smallest absolute Gasteiger partial charge is 0.161 e. The first-order valence-corrected chi connectivity index (χ1v) is 5.42.